The van der Waals surface area contributed by atoms with Crippen LogP contribution in [0, 0.1) is 13.8 Å². The summed E-state index contributed by atoms with van der Waals surface area (Å²) in [5, 5.41) is 0. The van der Waals surface area contributed by atoms with Crippen LogP contribution in [-0.2, 0) is 0 Å². The lowest BCUT2D eigenvalue weighted by atomic mass is 9.98. The maximum atomic E-state index is 5.67. The fourth-order valence-corrected chi connectivity index (χ4v) is 1.81. The molecule has 0 aliphatic carbocycles. The lowest BCUT2D eigenvalue weighted by Crippen LogP contribution is -1.90. The van der Waals surface area contributed by atoms with Crippen LogP contribution < -0.4 is 5.73 Å². The van der Waals surface area contributed by atoms with Crippen LogP contribution in [0.25, 0.3) is 11.1 Å². The molecule has 0 atom stereocenters. The zero-order valence-corrected chi connectivity index (χ0v) is 8.99. The third kappa shape index (κ3) is 1.84. The molecule has 1 aromatic heterocycles. The standard InChI is InChI=1S/C13H14N2/c1-9-7-15-8-10(2)13(9)11-3-5-12(14)6-4-11/h3-8H,14H2,1-2H3. The summed E-state index contributed by atoms with van der Waals surface area (Å²) >= 11 is 0. The number of hydrogen-bond donors (Lipinski definition) is 1. The number of nitrogens with zero attached hydrogens (tertiary/aromatic N) is 1. The van der Waals surface area contributed by atoms with E-state index in [9.17, 15) is 0 Å². The monoisotopic (exact) mass is 198 g/mol. The molecule has 2 nitrogen and oxygen atoms in total. The maximum absolute atomic E-state index is 5.67. The summed E-state index contributed by atoms with van der Waals surface area (Å²) in [6.45, 7) is 4.15. The smallest absolute Gasteiger partial charge is 0.0314 e. The summed E-state index contributed by atoms with van der Waals surface area (Å²) in [7, 11) is 0. The summed E-state index contributed by atoms with van der Waals surface area (Å²) in [5.74, 6) is 0. The summed E-state index contributed by atoms with van der Waals surface area (Å²) in [4.78, 5) is 4.16. The largest absolute Gasteiger partial charge is 0.399 e. The number of nitrogen functional groups attached to an aromatic ring is 1. The average Bonchev–Trinajstić information content (AvgIpc) is 2.20. The van der Waals surface area contributed by atoms with E-state index in [1.807, 2.05) is 36.7 Å². The van der Waals surface area contributed by atoms with Crippen molar-refractivity contribution in [2.24, 2.45) is 0 Å². The van der Waals surface area contributed by atoms with Gasteiger partial charge in [0.25, 0.3) is 0 Å². The molecule has 0 fully saturated rings. The Hall–Kier alpha value is -1.83. The Morgan fingerprint density at radius 2 is 1.47 bits per heavy atom. The van der Waals surface area contributed by atoms with Crippen molar-refractivity contribution in [3.63, 3.8) is 0 Å². The zero-order valence-electron chi connectivity index (χ0n) is 8.99. The van der Waals surface area contributed by atoms with Crippen LogP contribution in [0.15, 0.2) is 36.7 Å². The first kappa shape index (κ1) is 9.71. The minimum absolute atomic E-state index is 0.795. The third-order valence-corrected chi connectivity index (χ3v) is 2.52. The van der Waals surface area contributed by atoms with Gasteiger partial charge in [-0.1, -0.05) is 12.1 Å². The van der Waals surface area contributed by atoms with Crippen molar-refractivity contribution in [3.05, 3.63) is 47.8 Å². The Labute approximate surface area is 89.8 Å². The molecule has 1 heterocycles. The summed E-state index contributed by atoms with van der Waals surface area (Å²) in [6, 6.07) is 7.94. The van der Waals surface area contributed by atoms with Crippen LogP contribution in [0.1, 0.15) is 11.1 Å². The number of benzene rings is 1. The summed E-state index contributed by atoms with van der Waals surface area (Å²) in [6.07, 6.45) is 3.78. The van der Waals surface area contributed by atoms with Crippen molar-refractivity contribution in [2.45, 2.75) is 13.8 Å². The van der Waals surface area contributed by atoms with Gasteiger partial charge in [0.15, 0.2) is 0 Å². The molecule has 2 heteroatoms. The molecule has 2 aromatic rings. The predicted molar refractivity (Wildman–Crippen MR) is 63.6 cm³/mol. The van der Waals surface area contributed by atoms with E-state index in [2.05, 4.69) is 18.8 Å². The molecule has 0 bridgehead atoms. The van der Waals surface area contributed by atoms with Gasteiger partial charge in [-0.25, -0.2) is 0 Å². The number of rotatable bonds is 1. The van der Waals surface area contributed by atoms with Gasteiger partial charge in [0.05, 0.1) is 0 Å². The third-order valence-electron chi connectivity index (χ3n) is 2.52. The molecule has 15 heavy (non-hydrogen) atoms. The highest BCUT2D eigenvalue weighted by molar-refractivity contribution is 5.71. The normalized spacial score (nSPS) is 10.3. The second kappa shape index (κ2) is 3.73. The first-order valence-electron chi connectivity index (χ1n) is 4.95. The van der Waals surface area contributed by atoms with E-state index in [0.717, 1.165) is 5.69 Å². The molecule has 1 aromatic carbocycles. The number of nitrogens with two attached hydrogens (primary N) is 1. The van der Waals surface area contributed by atoms with Gasteiger partial charge >= 0.3 is 0 Å². The number of aromatic nitrogens is 1. The molecular formula is C13H14N2. The number of aryl methyl sites for hydroxylation is 2. The molecule has 0 aliphatic rings. The highest BCUT2D eigenvalue weighted by Crippen LogP contribution is 2.26. The van der Waals surface area contributed by atoms with Gasteiger partial charge in [0, 0.05) is 18.1 Å². The average molecular weight is 198 g/mol. The van der Waals surface area contributed by atoms with Crippen LogP contribution in [0.4, 0.5) is 5.69 Å². The minimum Gasteiger partial charge on any atom is -0.399 e. The van der Waals surface area contributed by atoms with Gasteiger partial charge in [-0.15, -0.1) is 0 Å². The van der Waals surface area contributed by atoms with E-state index in [1.54, 1.807) is 0 Å². The van der Waals surface area contributed by atoms with E-state index in [0.29, 0.717) is 0 Å². The van der Waals surface area contributed by atoms with Crippen LogP contribution in [0.2, 0.25) is 0 Å². The second-order valence-electron chi connectivity index (χ2n) is 3.77. The topological polar surface area (TPSA) is 38.9 Å². The molecule has 2 N–H and O–H groups in total. The van der Waals surface area contributed by atoms with Crippen molar-refractivity contribution in [1.82, 2.24) is 4.98 Å². The van der Waals surface area contributed by atoms with Gasteiger partial charge in [-0.3, -0.25) is 4.98 Å². The Balaban J connectivity index is 2.58. The van der Waals surface area contributed by atoms with Crippen LogP contribution in [0.5, 0.6) is 0 Å². The Morgan fingerprint density at radius 1 is 0.933 bits per heavy atom. The van der Waals surface area contributed by atoms with E-state index >= 15 is 0 Å². The number of hydrogen-bond acceptors (Lipinski definition) is 2. The van der Waals surface area contributed by atoms with Crippen LogP contribution >= 0.6 is 0 Å². The highest BCUT2D eigenvalue weighted by Gasteiger charge is 2.04. The molecule has 0 amide bonds. The van der Waals surface area contributed by atoms with E-state index in [4.69, 9.17) is 5.73 Å². The number of pyridine rings is 1. The van der Waals surface area contributed by atoms with Gasteiger partial charge in [0.1, 0.15) is 0 Å². The molecule has 0 saturated heterocycles. The fourth-order valence-electron chi connectivity index (χ4n) is 1.81. The molecule has 0 saturated carbocycles. The van der Waals surface area contributed by atoms with Gasteiger partial charge in [-0.05, 0) is 48.2 Å². The maximum Gasteiger partial charge on any atom is 0.0314 e. The van der Waals surface area contributed by atoms with Crippen molar-refractivity contribution < 1.29 is 0 Å². The van der Waals surface area contributed by atoms with Crippen molar-refractivity contribution in [2.75, 3.05) is 5.73 Å². The predicted octanol–water partition coefficient (Wildman–Crippen LogP) is 2.95. The van der Waals surface area contributed by atoms with Gasteiger partial charge in [0.2, 0.25) is 0 Å². The highest BCUT2D eigenvalue weighted by atomic mass is 14.6. The first-order valence-corrected chi connectivity index (χ1v) is 4.95. The molecule has 0 aliphatic heterocycles. The molecule has 0 spiro atoms. The molecule has 2 rings (SSSR count). The fraction of sp³-hybridized carbons (Fsp3) is 0.154. The Kier molecular flexibility index (Phi) is 2.42. The zero-order chi connectivity index (χ0) is 10.8. The lowest BCUT2D eigenvalue weighted by molar-refractivity contribution is 1.22. The summed E-state index contributed by atoms with van der Waals surface area (Å²) < 4.78 is 0. The van der Waals surface area contributed by atoms with Crippen molar-refractivity contribution >= 4 is 5.69 Å². The lowest BCUT2D eigenvalue weighted by Gasteiger charge is -2.09. The minimum atomic E-state index is 0.795. The first-order chi connectivity index (χ1) is 7.18. The molecular weight excluding hydrogens is 184 g/mol. The van der Waals surface area contributed by atoms with Crippen molar-refractivity contribution in [3.8, 4) is 11.1 Å². The Bertz CT molecular complexity index is 452. The quantitative estimate of drug-likeness (QED) is 0.715. The number of anilines is 1. The van der Waals surface area contributed by atoms with Crippen LogP contribution in [-0.4, -0.2) is 4.98 Å². The van der Waals surface area contributed by atoms with Gasteiger partial charge in [-0.2, -0.15) is 0 Å². The van der Waals surface area contributed by atoms with E-state index < -0.39 is 0 Å². The SMILES string of the molecule is Cc1cncc(C)c1-c1ccc(N)cc1. The second-order valence-corrected chi connectivity index (χ2v) is 3.77. The van der Waals surface area contributed by atoms with Crippen LogP contribution in [0.3, 0.4) is 0 Å². The van der Waals surface area contributed by atoms with Crippen molar-refractivity contribution in [1.29, 1.82) is 0 Å². The van der Waals surface area contributed by atoms with E-state index in [-0.39, 0.29) is 0 Å². The molecule has 0 radical (unpaired) electrons. The van der Waals surface area contributed by atoms with E-state index in [1.165, 1.54) is 22.3 Å². The molecule has 76 valence electrons. The Morgan fingerprint density at radius 3 is 2.00 bits per heavy atom. The summed E-state index contributed by atoms with van der Waals surface area (Å²) in [5.41, 5.74) is 11.3. The molecule has 0 unspecified atom stereocenters. The van der Waals surface area contributed by atoms with Gasteiger partial charge < -0.3 is 5.73 Å².